The van der Waals surface area contributed by atoms with E-state index in [2.05, 4.69) is 10.3 Å². The van der Waals surface area contributed by atoms with Crippen LogP contribution >= 0.6 is 11.3 Å². The number of carbonyl (C=O) groups is 1. The van der Waals surface area contributed by atoms with Crippen molar-refractivity contribution in [3.63, 3.8) is 0 Å². The summed E-state index contributed by atoms with van der Waals surface area (Å²) in [6.45, 7) is 1.95. The Morgan fingerprint density at radius 2 is 1.80 bits per heavy atom. The Kier molecular flexibility index (Phi) is 4.07. The zero-order valence-corrected chi connectivity index (χ0v) is 14.4. The summed E-state index contributed by atoms with van der Waals surface area (Å²) < 4.78 is 6.83. The highest BCUT2D eigenvalue weighted by atomic mass is 32.1. The molecule has 1 amide bonds. The molecule has 4 rings (SSSR count). The number of benzene rings is 2. The zero-order chi connectivity index (χ0) is 17.2. The molecule has 0 saturated carbocycles. The predicted octanol–water partition coefficient (Wildman–Crippen LogP) is 5.05. The fourth-order valence-electron chi connectivity index (χ4n) is 2.65. The second kappa shape index (κ2) is 6.53. The number of rotatable bonds is 4. The van der Waals surface area contributed by atoms with E-state index in [1.54, 1.807) is 23.5 Å². The number of hydrogen-bond donors (Lipinski definition) is 1. The van der Waals surface area contributed by atoms with Crippen molar-refractivity contribution in [2.24, 2.45) is 0 Å². The van der Waals surface area contributed by atoms with E-state index in [0.29, 0.717) is 5.76 Å². The number of para-hydroxylation sites is 1. The van der Waals surface area contributed by atoms with Gasteiger partial charge in [-0.1, -0.05) is 42.5 Å². The van der Waals surface area contributed by atoms with Crippen LogP contribution in [0.3, 0.4) is 0 Å². The Morgan fingerprint density at radius 1 is 1.04 bits per heavy atom. The molecule has 25 heavy (non-hydrogen) atoms. The highest BCUT2D eigenvalue weighted by molar-refractivity contribution is 7.21. The summed E-state index contributed by atoms with van der Waals surface area (Å²) in [7, 11) is 0. The van der Waals surface area contributed by atoms with Crippen molar-refractivity contribution in [2.75, 3.05) is 0 Å². The van der Waals surface area contributed by atoms with Crippen molar-refractivity contribution in [2.45, 2.75) is 13.0 Å². The van der Waals surface area contributed by atoms with Gasteiger partial charge in [-0.2, -0.15) is 0 Å². The summed E-state index contributed by atoms with van der Waals surface area (Å²) in [6, 6.07) is 21.1. The second-order valence-electron chi connectivity index (χ2n) is 5.76. The number of nitrogens with one attached hydrogen (secondary N) is 1. The lowest BCUT2D eigenvalue weighted by Gasteiger charge is -2.12. The van der Waals surface area contributed by atoms with E-state index in [4.69, 9.17) is 4.42 Å². The average molecular weight is 348 g/mol. The maximum Gasteiger partial charge on any atom is 0.287 e. The third-order valence-corrected chi connectivity index (χ3v) is 5.03. The van der Waals surface area contributed by atoms with Crippen LogP contribution < -0.4 is 5.32 Å². The van der Waals surface area contributed by atoms with Gasteiger partial charge in [-0.15, -0.1) is 11.3 Å². The lowest BCUT2D eigenvalue weighted by atomic mass is 10.1. The maximum absolute atomic E-state index is 12.4. The minimum atomic E-state index is -0.233. The Balaban J connectivity index is 1.53. The molecule has 1 unspecified atom stereocenters. The van der Waals surface area contributed by atoms with Crippen molar-refractivity contribution in [1.82, 2.24) is 10.3 Å². The third kappa shape index (κ3) is 3.19. The molecule has 2 aromatic carbocycles. The van der Waals surface area contributed by atoms with Gasteiger partial charge in [0.1, 0.15) is 0 Å². The molecule has 0 radical (unpaired) electrons. The van der Waals surface area contributed by atoms with Crippen LogP contribution in [-0.2, 0) is 0 Å². The lowest BCUT2D eigenvalue weighted by molar-refractivity contribution is 0.0912. The summed E-state index contributed by atoms with van der Waals surface area (Å²) in [5, 5.41) is 3.73. The number of amides is 1. The number of thiazole rings is 1. The van der Waals surface area contributed by atoms with Crippen molar-refractivity contribution in [1.29, 1.82) is 0 Å². The Hall–Kier alpha value is -2.92. The van der Waals surface area contributed by atoms with Gasteiger partial charge in [0.2, 0.25) is 0 Å². The van der Waals surface area contributed by atoms with Gasteiger partial charge in [0.15, 0.2) is 16.5 Å². The number of hydrogen-bond acceptors (Lipinski definition) is 4. The van der Waals surface area contributed by atoms with Crippen LogP contribution in [0.1, 0.15) is 29.1 Å². The molecule has 5 heteroatoms. The fourth-order valence-corrected chi connectivity index (χ4v) is 3.57. The number of furan rings is 1. The van der Waals surface area contributed by atoms with Crippen LogP contribution in [0.15, 0.2) is 71.1 Å². The molecule has 0 aliphatic heterocycles. The van der Waals surface area contributed by atoms with Crippen LogP contribution in [0.25, 0.3) is 21.0 Å². The van der Waals surface area contributed by atoms with Gasteiger partial charge in [0.05, 0.1) is 16.3 Å². The molecule has 4 nitrogen and oxygen atoms in total. The third-order valence-electron chi connectivity index (χ3n) is 3.98. The van der Waals surface area contributed by atoms with Gasteiger partial charge in [0, 0.05) is 0 Å². The topological polar surface area (TPSA) is 55.1 Å². The predicted molar refractivity (Wildman–Crippen MR) is 99.6 cm³/mol. The Bertz CT molecular complexity index is 987. The van der Waals surface area contributed by atoms with E-state index < -0.39 is 0 Å². The molecule has 0 bridgehead atoms. The fraction of sp³-hybridized carbons (Fsp3) is 0.100. The van der Waals surface area contributed by atoms with Crippen LogP contribution in [-0.4, -0.2) is 10.9 Å². The summed E-state index contributed by atoms with van der Waals surface area (Å²) in [5.41, 5.74) is 1.98. The monoisotopic (exact) mass is 348 g/mol. The molecule has 1 N–H and O–H groups in total. The lowest BCUT2D eigenvalue weighted by Crippen LogP contribution is -2.26. The zero-order valence-electron chi connectivity index (χ0n) is 13.6. The summed E-state index contributed by atoms with van der Waals surface area (Å²) >= 11 is 1.55. The highest BCUT2D eigenvalue weighted by Crippen LogP contribution is 2.31. The summed E-state index contributed by atoms with van der Waals surface area (Å²) in [6.07, 6.45) is 0. The Labute approximate surface area is 149 Å². The largest absolute Gasteiger partial charge is 0.448 e. The van der Waals surface area contributed by atoms with Crippen molar-refractivity contribution in [3.8, 4) is 10.8 Å². The second-order valence-corrected chi connectivity index (χ2v) is 6.79. The van der Waals surface area contributed by atoms with E-state index in [1.807, 2.05) is 61.5 Å². The highest BCUT2D eigenvalue weighted by Gasteiger charge is 2.17. The van der Waals surface area contributed by atoms with Gasteiger partial charge >= 0.3 is 0 Å². The van der Waals surface area contributed by atoms with Gasteiger partial charge in [-0.3, -0.25) is 4.79 Å². The van der Waals surface area contributed by atoms with Crippen molar-refractivity contribution >= 4 is 27.5 Å². The molecule has 4 aromatic rings. The van der Waals surface area contributed by atoms with Gasteiger partial charge in [-0.05, 0) is 36.8 Å². The Morgan fingerprint density at radius 3 is 2.60 bits per heavy atom. The molecule has 0 fully saturated rings. The quantitative estimate of drug-likeness (QED) is 0.562. The molecular weight excluding hydrogens is 332 g/mol. The van der Waals surface area contributed by atoms with E-state index in [0.717, 1.165) is 20.8 Å². The number of nitrogens with zero attached hydrogens (tertiary/aromatic N) is 1. The van der Waals surface area contributed by atoms with E-state index >= 15 is 0 Å². The van der Waals surface area contributed by atoms with Crippen LogP contribution in [0.4, 0.5) is 0 Å². The molecule has 2 heterocycles. The smallest absolute Gasteiger partial charge is 0.287 e. The first kappa shape index (κ1) is 15.6. The number of aromatic nitrogens is 1. The first-order chi connectivity index (χ1) is 12.2. The summed E-state index contributed by atoms with van der Waals surface area (Å²) in [4.78, 5) is 17.0. The number of fused-ring (bicyclic) bond motifs is 1. The molecular formula is C20H16N2O2S. The van der Waals surface area contributed by atoms with Crippen LogP contribution in [0, 0.1) is 0 Å². The molecule has 0 spiro atoms. The van der Waals surface area contributed by atoms with Gasteiger partial charge in [-0.25, -0.2) is 4.98 Å². The van der Waals surface area contributed by atoms with Gasteiger partial charge < -0.3 is 9.73 Å². The van der Waals surface area contributed by atoms with Gasteiger partial charge in [0.25, 0.3) is 5.91 Å². The van der Waals surface area contributed by atoms with E-state index in [1.165, 1.54) is 0 Å². The van der Waals surface area contributed by atoms with Crippen molar-refractivity contribution in [3.05, 3.63) is 78.1 Å². The average Bonchev–Trinajstić information content (AvgIpc) is 3.29. The molecule has 0 aliphatic carbocycles. The van der Waals surface area contributed by atoms with Crippen LogP contribution in [0.2, 0.25) is 0 Å². The maximum atomic E-state index is 12.4. The standard InChI is InChI=1S/C20H16N2O2S/c1-13(14-7-3-2-4-8-14)21-19(23)16-11-12-17(24-16)20-22-15-9-5-6-10-18(15)25-20/h2-13H,1H3,(H,21,23). The minimum Gasteiger partial charge on any atom is -0.448 e. The SMILES string of the molecule is CC(NC(=O)c1ccc(-c2nc3ccccc3s2)o1)c1ccccc1. The summed E-state index contributed by atoms with van der Waals surface area (Å²) in [5.74, 6) is 0.666. The minimum absolute atomic E-state index is 0.0929. The van der Waals surface area contributed by atoms with Crippen molar-refractivity contribution < 1.29 is 9.21 Å². The first-order valence-corrected chi connectivity index (χ1v) is 8.84. The molecule has 2 aromatic heterocycles. The molecule has 0 saturated heterocycles. The number of carbonyl (C=O) groups excluding carboxylic acids is 1. The first-order valence-electron chi connectivity index (χ1n) is 8.02. The molecule has 124 valence electrons. The molecule has 1 atom stereocenters. The van der Waals surface area contributed by atoms with Crippen LogP contribution in [0.5, 0.6) is 0 Å². The van der Waals surface area contributed by atoms with E-state index in [-0.39, 0.29) is 17.7 Å². The van der Waals surface area contributed by atoms with E-state index in [9.17, 15) is 4.79 Å². The normalized spacial score (nSPS) is 12.2. The molecule has 0 aliphatic rings.